The number of rotatable bonds is 4. The molecule has 8 aromatic rings. The molecular weight excluding hydrogens is 718 g/mol. The Bertz CT molecular complexity index is 2520. The molecule has 0 N–H and O–H groups in total. The van der Waals surface area contributed by atoms with Gasteiger partial charge in [-0.05, 0) is 115 Å². The second-order valence-corrected chi connectivity index (χ2v) is 14.4. The Morgan fingerprint density at radius 3 is 1.62 bits per heavy atom. The van der Waals surface area contributed by atoms with Crippen LogP contribution < -0.4 is 24.4 Å². The standard InChI is InChI=1S/C46H32BIN2/c1-30(49-42-23-8-6-21-40(42)47-41-22-7-9-24-43(41)50(48)45-26-12-25-44(49)46(45)47)33-27-34(38-19-10-15-31-13-2-4-17-36(31)38)29-35(28-33)39-20-11-16-32-14-3-5-18-37(32)39/h2-30H,1H3/t30-/m0/s1. The third kappa shape index (κ3) is 4.48. The number of halogens is 1. The monoisotopic (exact) mass is 750 g/mol. The predicted octanol–water partition coefficient (Wildman–Crippen LogP) is 10.9. The zero-order valence-corrected chi connectivity index (χ0v) is 29.8. The molecule has 2 nitrogen and oxygen atoms in total. The minimum absolute atomic E-state index is 0.0482. The van der Waals surface area contributed by atoms with Crippen LogP contribution in [0.2, 0.25) is 0 Å². The van der Waals surface area contributed by atoms with Gasteiger partial charge >= 0.3 is 0 Å². The second kappa shape index (κ2) is 11.6. The third-order valence-electron chi connectivity index (χ3n) is 10.8. The Morgan fingerprint density at radius 2 is 0.960 bits per heavy atom. The summed E-state index contributed by atoms with van der Waals surface area (Å²) in [5.74, 6) is 0. The molecule has 10 rings (SSSR count). The Hall–Kier alpha value is -5.33. The highest BCUT2D eigenvalue weighted by atomic mass is 127. The number of fused-ring (bicyclic) bond motifs is 6. The van der Waals surface area contributed by atoms with Gasteiger partial charge < -0.3 is 4.90 Å². The Morgan fingerprint density at radius 1 is 0.480 bits per heavy atom. The Balaban J connectivity index is 1.21. The van der Waals surface area contributed by atoms with Gasteiger partial charge in [-0.15, -0.1) is 0 Å². The van der Waals surface area contributed by atoms with E-state index in [1.54, 1.807) is 0 Å². The van der Waals surface area contributed by atoms with Crippen LogP contribution in [-0.2, 0) is 0 Å². The van der Waals surface area contributed by atoms with E-state index in [1.807, 2.05) is 0 Å². The van der Waals surface area contributed by atoms with Crippen molar-refractivity contribution >= 4 is 90.3 Å². The summed E-state index contributed by atoms with van der Waals surface area (Å²) in [6.45, 7) is 2.56. The summed E-state index contributed by atoms with van der Waals surface area (Å²) in [6, 6.07) is 63.0. The zero-order valence-electron chi connectivity index (χ0n) is 27.6. The van der Waals surface area contributed by atoms with E-state index in [2.05, 4.69) is 208 Å². The van der Waals surface area contributed by atoms with Gasteiger partial charge in [-0.3, -0.25) is 3.11 Å². The van der Waals surface area contributed by atoms with Crippen molar-refractivity contribution in [3.8, 4) is 22.3 Å². The van der Waals surface area contributed by atoms with Crippen LogP contribution in [0.3, 0.4) is 0 Å². The average Bonchev–Trinajstić information content (AvgIpc) is 3.18. The van der Waals surface area contributed by atoms with Crippen LogP contribution in [0.5, 0.6) is 0 Å². The summed E-state index contributed by atoms with van der Waals surface area (Å²) >= 11 is 2.49. The van der Waals surface area contributed by atoms with Crippen molar-refractivity contribution in [2.75, 3.05) is 8.01 Å². The number of anilines is 4. The van der Waals surface area contributed by atoms with Gasteiger partial charge in [0.05, 0.1) is 28.9 Å². The van der Waals surface area contributed by atoms with E-state index in [0.717, 1.165) is 0 Å². The molecular formula is C46H32BIN2. The largest absolute Gasteiger partial charge is 0.335 e. The Labute approximate surface area is 307 Å². The SMILES string of the molecule is C[C@@H](c1cc(-c2cccc3ccccc23)cc(-c2cccc3ccccc23)c1)N1c2ccccc2B2c3ccccc3N(I)c3cccc1c32. The molecule has 236 valence electrons. The number of benzene rings is 8. The normalized spacial score (nSPS) is 13.6. The molecule has 2 aliphatic rings. The minimum atomic E-state index is 0.0482. The molecule has 0 saturated heterocycles. The van der Waals surface area contributed by atoms with Crippen LogP contribution in [0.1, 0.15) is 18.5 Å². The van der Waals surface area contributed by atoms with E-state index in [0.29, 0.717) is 0 Å². The van der Waals surface area contributed by atoms with Gasteiger partial charge in [-0.2, -0.15) is 0 Å². The van der Waals surface area contributed by atoms with E-state index in [1.165, 1.54) is 88.5 Å². The van der Waals surface area contributed by atoms with Gasteiger partial charge in [0.25, 0.3) is 6.71 Å². The van der Waals surface area contributed by atoms with Crippen LogP contribution in [0.15, 0.2) is 170 Å². The van der Waals surface area contributed by atoms with Crippen LogP contribution in [-0.4, -0.2) is 6.71 Å². The number of para-hydroxylation sites is 2. The first kappa shape index (κ1) is 29.6. The van der Waals surface area contributed by atoms with Gasteiger partial charge in [-0.25, -0.2) is 0 Å². The highest BCUT2D eigenvalue weighted by Gasteiger charge is 2.42. The quantitative estimate of drug-likeness (QED) is 0.100. The lowest BCUT2D eigenvalue weighted by molar-refractivity contribution is 0.776. The molecule has 0 aromatic heterocycles. The molecule has 8 aromatic carbocycles. The molecule has 0 radical (unpaired) electrons. The smallest absolute Gasteiger partial charge is 0.252 e. The maximum atomic E-state index is 2.60. The molecule has 2 heterocycles. The van der Waals surface area contributed by atoms with Gasteiger partial charge in [0.15, 0.2) is 0 Å². The van der Waals surface area contributed by atoms with E-state index < -0.39 is 0 Å². The second-order valence-electron chi connectivity index (χ2n) is 13.5. The topological polar surface area (TPSA) is 6.48 Å². The van der Waals surface area contributed by atoms with Gasteiger partial charge in [0.1, 0.15) is 0 Å². The molecule has 0 fully saturated rings. The lowest BCUT2D eigenvalue weighted by Gasteiger charge is -2.44. The molecule has 0 spiro atoms. The number of nitrogens with zero attached hydrogens (tertiary/aromatic N) is 2. The van der Waals surface area contributed by atoms with Crippen molar-refractivity contribution in [2.45, 2.75) is 13.0 Å². The van der Waals surface area contributed by atoms with Crippen molar-refractivity contribution in [3.05, 3.63) is 175 Å². The first-order chi connectivity index (χ1) is 24.7. The summed E-state index contributed by atoms with van der Waals surface area (Å²) in [5.41, 5.74) is 15.4. The van der Waals surface area contributed by atoms with E-state index >= 15 is 0 Å². The van der Waals surface area contributed by atoms with Crippen molar-refractivity contribution < 1.29 is 0 Å². The van der Waals surface area contributed by atoms with Crippen molar-refractivity contribution in [1.82, 2.24) is 0 Å². The predicted molar refractivity (Wildman–Crippen MR) is 223 cm³/mol. The number of hydrogen-bond acceptors (Lipinski definition) is 2. The molecule has 50 heavy (non-hydrogen) atoms. The molecule has 1 atom stereocenters. The van der Waals surface area contributed by atoms with E-state index in [-0.39, 0.29) is 12.8 Å². The minimum Gasteiger partial charge on any atom is -0.335 e. The van der Waals surface area contributed by atoms with Crippen molar-refractivity contribution in [2.24, 2.45) is 0 Å². The average molecular weight is 750 g/mol. The summed E-state index contributed by atoms with van der Waals surface area (Å²) in [7, 11) is 0. The fourth-order valence-electron chi connectivity index (χ4n) is 8.54. The summed E-state index contributed by atoms with van der Waals surface area (Å²) < 4.78 is 2.35. The maximum absolute atomic E-state index is 2.60. The first-order valence-corrected chi connectivity index (χ1v) is 18.3. The summed E-state index contributed by atoms with van der Waals surface area (Å²) in [6.07, 6.45) is 0. The molecule has 0 bridgehead atoms. The molecule has 0 amide bonds. The van der Waals surface area contributed by atoms with Gasteiger partial charge in [0.2, 0.25) is 0 Å². The van der Waals surface area contributed by atoms with E-state index in [4.69, 9.17) is 0 Å². The van der Waals surface area contributed by atoms with Crippen LogP contribution in [0, 0.1) is 0 Å². The van der Waals surface area contributed by atoms with Gasteiger partial charge in [0, 0.05) is 22.7 Å². The first-order valence-electron chi connectivity index (χ1n) is 17.3. The highest BCUT2D eigenvalue weighted by Crippen LogP contribution is 2.44. The highest BCUT2D eigenvalue weighted by molar-refractivity contribution is 14.1. The lowest BCUT2D eigenvalue weighted by Crippen LogP contribution is -2.61. The lowest BCUT2D eigenvalue weighted by atomic mass is 9.33. The third-order valence-corrected chi connectivity index (χ3v) is 11.9. The maximum Gasteiger partial charge on any atom is 0.252 e. The summed E-state index contributed by atoms with van der Waals surface area (Å²) in [4.78, 5) is 2.60. The fourth-order valence-corrected chi connectivity index (χ4v) is 9.40. The molecule has 0 unspecified atom stereocenters. The van der Waals surface area contributed by atoms with Crippen molar-refractivity contribution in [1.29, 1.82) is 0 Å². The molecule has 0 saturated carbocycles. The van der Waals surface area contributed by atoms with Crippen LogP contribution in [0.4, 0.5) is 22.7 Å². The molecule has 0 aliphatic carbocycles. The van der Waals surface area contributed by atoms with E-state index in [9.17, 15) is 0 Å². The molecule has 2 aliphatic heterocycles. The Kier molecular flexibility index (Phi) is 6.88. The van der Waals surface area contributed by atoms with Crippen LogP contribution >= 0.6 is 22.9 Å². The number of hydrogen-bond donors (Lipinski definition) is 0. The fraction of sp³-hybridized carbons (Fsp3) is 0.0435. The zero-order chi connectivity index (χ0) is 33.3. The van der Waals surface area contributed by atoms with Gasteiger partial charge in [-0.1, -0.05) is 127 Å². The van der Waals surface area contributed by atoms with Crippen LogP contribution in [0.25, 0.3) is 43.8 Å². The molecule has 4 heteroatoms. The van der Waals surface area contributed by atoms with Crippen molar-refractivity contribution in [3.63, 3.8) is 0 Å². The summed E-state index contributed by atoms with van der Waals surface area (Å²) in [5, 5.41) is 5.05.